The van der Waals surface area contributed by atoms with Crippen molar-refractivity contribution in [3.8, 4) is 5.75 Å². The summed E-state index contributed by atoms with van der Waals surface area (Å²) in [7, 11) is -3.74. The van der Waals surface area contributed by atoms with Gasteiger partial charge in [-0.1, -0.05) is 0 Å². The minimum absolute atomic E-state index is 0.0109. The van der Waals surface area contributed by atoms with Gasteiger partial charge in [0.1, 0.15) is 23.3 Å². The number of non-ortho nitro benzene ring substituents is 1. The highest BCUT2D eigenvalue weighted by atomic mass is 32.2. The van der Waals surface area contributed by atoms with Gasteiger partial charge in [0.15, 0.2) is 0 Å². The minimum atomic E-state index is -3.74. The van der Waals surface area contributed by atoms with Crippen molar-refractivity contribution >= 4 is 21.9 Å². The Kier molecular flexibility index (Phi) is 6.68. The average Bonchev–Trinajstić information content (AvgIpc) is 2.93. The molecule has 1 aromatic carbocycles. The maximum Gasteiger partial charge on any atom is 0.410 e. The standard InChI is InChI=1S/C17H23FN2O8S/c1-17(2,3)28-16(21)19-9-15(8-13(19)10-26-29(4,24)25)27-14-6-11(18)5-12(7-14)20(22)23/h5-7,13,15H,8-10H2,1-4H3/t13-,15+/m0/s1. The van der Waals surface area contributed by atoms with E-state index in [2.05, 4.69) is 0 Å². The van der Waals surface area contributed by atoms with Gasteiger partial charge in [-0.05, 0) is 20.8 Å². The maximum atomic E-state index is 13.6. The fourth-order valence-corrected chi connectivity index (χ4v) is 3.18. The van der Waals surface area contributed by atoms with Crippen molar-refractivity contribution in [2.24, 2.45) is 0 Å². The predicted octanol–water partition coefficient (Wildman–Crippen LogP) is 2.47. The van der Waals surface area contributed by atoms with Crippen LogP contribution in [0.25, 0.3) is 0 Å². The van der Waals surface area contributed by atoms with E-state index < -0.39 is 50.4 Å². The third kappa shape index (κ3) is 7.13. The summed E-state index contributed by atoms with van der Waals surface area (Å²) < 4.78 is 52.0. The lowest BCUT2D eigenvalue weighted by molar-refractivity contribution is -0.385. The van der Waals surface area contributed by atoms with Crippen LogP contribution in [-0.4, -0.2) is 61.5 Å². The van der Waals surface area contributed by atoms with Gasteiger partial charge in [0.2, 0.25) is 0 Å². The third-order valence-corrected chi connectivity index (χ3v) is 4.41. The molecule has 2 atom stereocenters. The number of nitro benzene ring substituents is 1. The molecule has 0 radical (unpaired) electrons. The van der Waals surface area contributed by atoms with Gasteiger partial charge in [-0.3, -0.25) is 19.2 Å². The number of ether oxygens (including phenoxy) is 2. The quantitative estimate of drug-likeness (QED) is 0.380. The number of hydrogen-bond donors (Lipinski definition) is 0. The molecule has 1 saturated heterocycles. The molecule has 10 nitrogen and oxygen atoms in total. The molecule has 2 rings (SSSR count). The highest BCUT2D eigenvalue weighted by molar-refractivity contribution is 7.85. The minimum Gasteiger partial charge on any atom is -0.488 e. The van der Waals surface area contributed by atoms with E-state index in [1.54, 1.807) is 20.8 Å². The molecule has 0 aliphatic carbocycles. The molecule has 162 valence electrons. The topological polar surface area (TPSA) is 125 Å². The zero-order chi connectivity index (χ0) is 22.0. The van der Waals surface area contributed by atoms with E-state index in [1.165, 1.54) is 4.90 Å². The van der Waals surface area contributed by atoms with Gasteiger partial charge in [-0.2, -0.15) is 8.42 Å². The van der Waals surface area contributed by atoms with Crippen molar-refractivity contribution in [1.82, 2.24) is 4.90 Å². The molecule has 0 saturated carbocycles. The largest absolute Gasteiger partial charge is 0.488 e. The van der Waals surface area contributed by atoms with Gasteiger partial charge in [-0.15, -0.1) is 0 Å². The molecule has 0 bridgehead atoms. The summed E-state index contributed by atoms with van der Waals surface area (Å²) in [4.78, 5) is 23.9. The maximum absolute atomic E-state index is 13.6. The van der Waals surface area contributed by atoms with E-state index in [1.807, 2.05) is 0 Å². The summed E-state index contributed by atoms with van der Waals surface area (Å²) >= 11 is 0. The predicted molar refractivity (Wildman–Crippen MR) is 99.6 cm³/mol. The molecule has 29 heavy (non-hydrogen) atoms. The van der Waals surface area contributed by atoms with Gasteiger partial charge in [-0.25, -0.2) is 9.18 Å². The van der Waals surface area contributed by atoms with Crippen molar-refractivity contribution < 1.29 is 36.2 Å². The second-order valence-electron chi connectivity index (χ2n) is 7.65. The Labute approximate surface area is 167 Å². The molecule has 1 aliphatic rings. The zero-order valence-corrected chi connectivity index (χ0v) is 17.3. The van der Waals surface area contributed by atoms with Gasteiger partial charge >= 0.3 is 6.09 Å². The third-order valence-electron chi connectivity index (χ3n) is 3.85. The van der Waals surface area contributed by atoms with Crippen molar-refractivity contribution in [2.75, 3.05) is 19.4 Å². The lowest BCUT2D eigenvalue weighted by Crippen LogP contribution is -2.42. The number of nitro groups is 1. The summed E-state index contributed by atoms with van der Waals surface area (Å²) in [5.74, 6) is -0.913. The number of carbonyl (C=O) groups is 1. The Bertz CT molecular complexity index is 884. The Morgan fingerprint density at radius 3 is 2.55 bits per heavy atom. The van der Waals surface area contributed by atoms with Crippen LogP contribution in [0.1, 0.15) is 27.2 Å². The van der Waals surface area contributed by atoms with Crippen LogP contribution in [-0.2, 0) is 19.0 Å². The normalized spacial score (nSPS) is 19.8. The molecule has 12 heteroatoms. The fraction of sp³-hybridized carbons (Fsp3) is 0.588. The summed E-state index contributed by atoms with van der Waals surface area (Å²) in [6.45, 7) is 4.76. The molecular formula is C17H23FN2O8S. The number of benzene rings is 1. The van der Waals surface area contributed by atoms with E-state index in [9.17, 15) is 27.7 Å². The zero-order valence-electron chi connectivity index (χ0n) is 16.5. The fourth-order valence-electron chi connectivity index (χ4n) is 2.78. The van der Waals surface area contributed by atoms with Crippen LogP contribution in [0.15, 0.2) is 18.2 Å². The van der Waals surface area contributed by atoms with Crippen LogP contribution in [0.3, 0.4) is 0 Å². The first kappa shape index (κ1) is 22.8. The van der Waals surface area contributed by atoms with E-state index >= 15 is 0 Å². The van der Waals surface area contributed by atoms with E-state index in [0.29, 0.717) is 0 Å². The summed E-state index contributed by atoms with van der Waals surface area (Å²) in [6, 6.07) is 2.15. The number of carbonyl (C=O) groups excluding carboxylic acids is 1. The number of halogens is 1. The van der Waals surface area contributed by atoms with E-state index in [4.69, 9.17) is 13.7 Å². The number of nitrogens with zero attached hydrogens (tertiary/aromatic N) is 2. The molecule has 1 aromatic rings. The number of rotatable bonds is 6. The van der Waals surface area contributed by atoms with Gasteiger partial charge in [0, 0.05) is 12.5 Å². The van der Waals surface area contributed by atoms with Crippen LogP contribution in [0.4, 0.5) is 14.9 Å². The molecule has 0 aromatic heterocycles. The molecule has 1 amide bonds. The van der Waals surface area contributed by atoms with Crippen LogP contribution >= 0.6 is 0 Å². The van der Waals surface area contributed by atoms with Crippen molar-refractivity contribution in [3.63, 3.8) is 0 Å². The van der Waals surface area contributed by atoms with Crippen LogP contribution in [0.2, 0.25) is 0 Å². The highest BCUT2D eigenvalue weighted by Crippen LogP contribution is 2.28. The number of likely N-dealkylation sites (tertiary alicyclic amines) is 1. The molecular weight excluding hydrogens is 411 g/mol. The second-order valence-corrected chi connectivity index (χ2v) is 9.30. The van der Waals surface area contributed by atoms with Crippen molar-refractivity contribution in [3.05, 3.63) is 34.1 Å². The molecule has 1 aliphatic heterocycles. The van der Waals surface area contributed by atoms with Crippen molar-refractivity contribution in [1.29, 1.82) is 0 Å². The first-order valence-corrected chi connectivity index (χ1v) is 10.5. The summed E-state index contributed by atoms with van der Waals surface area (Å²) in [6.07, 6.45) is -0.299. The number of amides is 1. The lowest BCUT2D eigenvalue weighted by Gasteiger charge is -2.28. The summed E-state index contributed by atoms with van der Waals surface area (Å²) in [5, 5.41) is 10.9. The van der Waals surface area contributed by atoms with Crippen LogP contribution in [0.5, 0.6) is 5.75 Å². The Hall–Kier alpha value is -2.47. The van der Waals surface area contributed by atoms with Crippen molar-refractivity contribution in [2.45, 2.75) is 44.9 Å². The first-order chi connectivity index (χ1) is 13.2. The molecule has 0 spiro atoms. The van der Waals surface area contributed by atoms with Gasteiger partial charge in [0.25, 0.3) is 15.8 Å². The monoisotopic (exact) mass is 434 g/mol. The lowest BCUT2D eigenvalue weighted by atomic mass is 10.2. The number of hydrogen-bond acceptors (Lipinski definition) is 8. The SMILES string of the molecule is CC(C)(C)OC(=O)N1C[C@H](Oc2cc(F)cc([N+](=O)[O-])c2)C[C@H]1COS(C)(=O)=O. The van der Waals surface area contributed by atoms with E-state index in [-0.39, 0.29) is 25.3 Å². The Balaban J connectivity index is 2.18. The van der Waals surface area contributed by atoms with Crippen LogP contribution in [0, 0.1) is 15.9 Å². The van der Waals surface area contributed by atoms with Gasteiger partial charge < -0.3 is 9.47 Å². The smallest absolute Gasteiger partial charge is 0.410 e. The van der Waals surface area contributed by atoms with Crippen LogP contribution < -0.4 is 4.74 Å². The second kappa shape index (κ2) is 8.49. The van der Waals surface area contributed by atoms with E-state index in [0.717, 1.165) is 24.5 Å². The molecule has 0 N–H and O–H groups in total. The molecule has 1 fully saturated rings. The Morgan fingerprint density at radius 1 is 1.34 bits per heavy atom. The summed E-state index contributed by atoms with van der Waals surface area (Å²) in [5.41, 5.74) is -1.25. The average molecular weight is 434 g/mol. The highest BCUT2D eigenvalue weighted by Gasteiger charge is 2.39. The Morgan fingerprint density at radius 2 is 2.00 bits per heavy atom. The first-order valence-electron chi connectivity index (χ1n) is 8.69. The van der Waals surface area contributed by atoms with Gasteiger partial charge in [0.05, 0.1) is 42.5 Å². The molecule has 1 heterocycles. The molecule has 0 unspecified atom stereocenters.